The summed E-state index contributed by atoms with van der Waals surface area (Å²) >= 11 is 0. The Morgan fingerprint density at radius 2 is 2.21 bits per heavy atom. The van der Waals surface area contributed by atoms with E-state index in [1.54, 1.807) is 13.1 Å². The van der Waals surface area contributed by atoms with Crippen molar-refractivity contribution in [3.8, 4) is 5.75 Å². The summed E-state index contributed by atoms with van der Waals surface area (Å²) in [6.07, 6.45) is 0.518. The van der Waals surface area contributed by atoms with Gasteiger partial charge in [0.05, 0.1) is 11.6 Å². The fraction of sp³-hybridized carbons (Fsp3) is 0.429. The topological polar surface area (TPSA) is 66.8 Å². The molecule has 1 aliphatic heterocycles. The van der Waals surface area contributed by atoms with Crippen LogP contribution in [-0.2, 0) is 9.59 Å². The molecule has 5 heteroatoms. The number of aryl methyl sites for hydroxylation is 1. The number of likely N-dealkylation sites (N-methyl/N-ethyl adjacent to an activating group) is 1. The van der Waals surface area contributed by atoms with Gasteiger partial charge in [-0.3, -0.25) is 9.59 Å². The van der Waals surface area contributed by atoms with Crippen molar-refractivity contribution in [1.29, 1.82) is 0 Å². The molecule has 1 aromatic rings. The largest absolute Gasteiger partial charge is 0.482 e. The predicted molar refractivity (Wildman–Crippen MR) is 70.8 cm³/mol. The lowest BCUT2D eigenvalue weighted by Gasteiger charge is -2.28. The van der Waals surface area contributed by atoms with Gasteiger partial charge in [0.2, 0.25) is 0 Å². The van der Waals surface area contributed by atoms with Gasteiger partial charge < -0.3 is 14.7 Å². The number of hydrogen-bond donors (Lipinski definition) is 1. The number of benzene rings is 1. The third-order valence-corrected chi connectivity index (χ3v) is 3.52. The first-order chi connectivity index (χ1) is 8.95. The molecule has 5 nitrogen and oxygen atoms in total. The summed E-state index contributed by atoms with van der Waals surface area (Å²) < 4.78 is 5.39. The number of carbonyl (C=O) groups excluding carboxylic acids is 1. The molecule has 1 aromatic carbocycles. The second kappa shape index (κ2) is 4.91. The van der Waals surface area contributed by atoms with E-state index >= 15 is 0 Å². The van der Waals surface area contributed by atoms with Gasteiger partial charge in [0.25, 0.3) is 5.91 Å². The summed E-state index contributed by atoms with van der Waals surface area (Å²) in [6.45, 7) is 3.69. The Morgan fingerprint density at radius 1 is 1.53 bits per heavy atom. The standard InChI is InChI=1S/C14H17NO4/c1-4-9(14(17)18)10-6-12-11(5-8(10)2)15(3)13(16)7-19-12/h5-6,9H,4,7H2,1-3H3,(H,17,18). The zero-order chi connectivity index (χ0) is 14.2. The van der Waals surface area contributed by atoms with Gasteiger partial charge in [-0.2, -0.15) is 0 Å². The Labute approximate surface area is 111 Å². The summed E-state index contributed by atoms with van der Waals surface area (Å²) in [5.74, 6) is -0.921. The van der Waals surface area contributed by atoms with Crippen LogP contribution in [0.5, 0.6) is 5.75 Å². The van der Waals surface area contributed by atoms with Crippen molar-refractivity contribution in [1.82, 2.24) is 0 Å². The maximum Gasteiger partial charge on any atom is 0.310 e. The maximum atomic E-state index is 11.6. The molecule has 0 aromatic heterocycles. The van der Waals surface area contributed by atoms with Crippen LogP contribution >= 0.6 is 0 Å². The molecule has 0 radical (unpaired) electrons. The number of carbonyl (C=O) groups is 2. The van der Waals surface area contributed by atoms with Gasteiger partial charge in [-0.25, -0.2) is 0 Å². The molecule has 0 saturated carbocycles. The summed E-state index contributed by atoms with van der Waals surface area (Å²) in [5, 5.41) is 9.24. The average molecular weight is 263 g/mol. The van der Waals surface area contributed by atoms with Gasteiger partial charge in [0.15, 0.2) is 6.61 Å². The lowest BCUT2D eigenvalue weighted by Crippen LogP contribution is -2.35. The van der Waals surface area contributed by atoms with Gasteiger partial charge in [-0.05, 0) is 36.6 Å². The van der Waals surface area contributed by atoms with Crippen molar-refractivity contribution in [2.24, 2.45) is 0 Å². The third-order valence-electron chi connectivity index (χ3n) is 3.52. The van der Waals surface area contributed by atoms with Gasteiger partial charge in [-0.15, -0.1) is 0 Å². The average Bonchev–Trinajstić information content (AvgIpc) is 2.36. The zero-order valence-corrected chi connectivity index (χ0v) is 11.3. The molecule has 0 saturated heterocycles. The Morgan fingerprint density at radius 3 is 2.79 bits per heavy atom. The van der Waals surface area contributed by atoms with Gasteiger partial charge in [0.1, 0.15) is 5.75 Å². The molecule has 0 bridgehead atoms. The van der Waals surface area contributed by atoms with Crippen molar-refractivity contribution in [2.45, 2.75) is 26.2 Å². The van der Waals surface area contributed by atoms with Crippen LogP contribution in [0.2, 0.25) is 0 Å². The number of aliphatic carboxylic acids is 1. The van der Waals surface area contributed by atoms with Crippen LogP contribution in [-0.4, -0.2) is 30.6 Å². The molecule has 1 N–H and O–H groups in total. The zero-order valence-electron chi connectivity index (χ0n) is 11.3. The number of rotatable bonds is 3. The molecule has 1 atom stereocenters. The van der Waals surface area contributed by atoms with Crippen LogP contribution in [0.3, 0.4) is 0 Å². The highest BCUT2D eigenvalue weighted by molar-refractivity contribution is 5.97. The van der Waals surface area contributed by atoms with E-state index < -0.39 is 11.9 Å². The summed E-state index contributed by atoms with van der Waals surface area (Å²) in [7, 11) is 1.69. The fourth-order valence-corrected chi connectivity index (χ4v) is 2.34. The number of ether oxygens (including phenoxy) is 1. The summed E-state index contributed by atoms with van der Waals surface area (Å²) in [5.41, 5.74) is 2.30. The molecule has 0 fully saturated rings. The van der Waals surface area contributed by atoms with Crippen LogP contribution in [0.4, 0.5) is 5.69 Å². The quantitative estimate of drug-likeness (QED) is 0.904. The highest BCUT2D eigenvalue weighted by Crippen LogP contribution is 2.37. The van der Waals surface area contributed by atoms with E-state index in [4.69, 9.17) is 4.74 Å². The molecule has 19 heavy (non-hydrogen) atoms. The Hall–Kier alpha value is -2.04. The number of anilines is 1. The summed E-state index contributed by atoms with van der Waals surface area (Å²) in [4.78, 5) is 24.4. The van der Waals surface area contributed by atoms with E-state index in [1.807, 2.05) is 19.9 Å². The van der Waals surface area contributed by atoms with Crippen LogP contribution in [0.25, 0.3) is 0 Å². The minimum Gasteiger partial charge on any atom is -0.482 e. The van der Waals surface area contributed by atoms with Crippen molar-refractivity contribution in [2.75, 3.05) is 18.6 Å². The number of carboxylic acids is 1. The Balaban J connectivity index is 2.50. The number of hydrogen-bond acceptors (Lipinski definition) is 3. The van der Waals surface area contributed by atoms with Crippen molar-refractivity contribution in [3.63, 3.8) is 0 Å². The lowest BCUT2D eigenvalue weighted by molar-refractivity contribution is -0.138. The van der Waals surface area contributed by atoms with Gasteiger partial charge >= 0.3 is 5.97 Å². The van der Waals surface area contributed by atoms with Crippen LogP contribution in [0.15, 0.2) is 12.1 Å². The normalized spacial score (nSPS) is 15.7. The van der Waals surface area contributed by atoms with Crippen molar-refractivity contribution >= 4 is 17.6 Å². The second-order valence-corrected chi connectivity index (χ2v) is 4.72. The lowest BCUT2D eigenvalue weighted by atomic mass is 9.91. The van der Waals surface area contributed by atoms with E-state index in [0.29, 0.717) is 17.9 Å². The number of nitrogens with zero attached hydrogens (tertiary/aromatic N) is 1. The molecule has 102 valence electrons. The highest BCUT2D eigenvalue weighted by atomic mass is 16.5. The minimum absolute atomic E-state index is 0.00410. The minimum atomic E-state index is -0.842. The van der Waals surface area contributed by atoms with Crippen molar-refractivity contribution in [3.05, 3.63) is 23.3 Å². The molecule has 1 unspecified atom stereocenters. The first-order valence-corrected chi connectivity index (χ1v) is 6.22. The SMILES string of the molecule is CCC(C(=O)O)c1cc2c(cc1C)N(C)C(=O)CO2. The van der Waals surface area contributed by atoms with E-state index in [2.05, 4.69) is 0 Å². The van der Waals surface area contributed by atoms with E-state index in [9.17, 15) is 14.7 Å². The first kappa shape index (κ1) is 13.4. The molecule has 0 aliphatic carbocycles. The van der Waals surface area contributed by atoms with Crippen LogP contribution < -0.4 is 9.64 Å². The van der Waals surface area contributed by atoms with E-state index in [1.165, 1.54) is 4.90 Å². The van der Waals surface area contributed by atoms with E-state index in [-0.39, 0.29) is 12.5 Å². The number of fused-ring (bicyclic) bond motifs is 1. The van der Waals surface area contributed by atoms with Gasteiger partial charge in [-0.1, -0.05) is 6.92 Å². The van der Waals surface area contributed by atoms with E-state index in [0.717, 1.165) is 11.1 Å². The molecular formula is C14H17NO4. The fourth-order valence-electron chi connectivity index (χ4n) is 2.34. The monoisotopic (exact) mass is 263 g/mol. The smallest absolute Gasteiger partial charge is 0.310 e. The van der Waals surface area contributed by atoms with Crippen molar-refractivity contribution < 1.29 is 19.4 Å². The summed E-state index contributed by atoms with van der Waals surface area (Å²) in [6, 6.07) is 3.56. The Bertz CT molecular complexity index is 538. The molecule has 2 rings (SSSR count). The third kappa shape index (κ3) is 2.28. The highest BCUT2D eigenvalue weighted by Gasteiger charge is 2.26. The maximum absolute atomic E-state index is 11.6. The Kier molecular flexibility index (Phi) is 3.46. The predicted octanol–water partition coefficient (Wildman–Crippen LogP) is 1.93. The van der Waals surface area contributed by atoms with Gasteiger partial charge in [0, 0.05) is 7.05 Å². The first-order valence-electron chi connectivity index (χ1n) is 6.22. The molecule has 1 amide bonds. The molecular weight excluding hydrogens is 246 g/mol. The number of carboxylic acid groups (broad SMARTS) is 1. The second-order valence-electron chi connectivity index (χ2n) is 4.72. The molecule has 0 spiro atoms. The molecule has 1 aliphatic rings. The molecule has 1 heterocycles. The van der Waals surface area contributed by atoms with Crippen LogP contribution in [0, 0.1) is 6.92 Å². The van der Waals surface area contributed by atoms with Crippen LogP contribution in [0.1, 0.15) is 30.4 Å². The number of amides is 1.